The summed E-state index contributed by atoms with van der Waals surface area (Å²) in [5.41, 5.74) is 6.48. The van der Waals surface area contributed by atoms with Crippen LogP contribution in [0.15, 0.2) is 30.6 Å². The molecule has 0 amide bonds. The van der Waals surface area contributed by atoms with E-state index in [2.05, 4.69) is 4.98 Å². The summed E-state index contributed by atoms with van der Waals surface area (Å²) in [6, 6.07) is 4.07. The standard InChI is InChI=1S/C13H16FN3O/c1-3-17-7-6-16-13(17)12(15)10-5-4-9(18-2)8-11(10)14/h4-8,12H,3,15H2,1-2H3. The molecule has 1 unspecified atom stereocenters. The van der Waals surface area contributed by atoms with Gasteiger partial charge >= 0.3 is 0 Å². The molecule has 1 aromatic carbocycles. The van der Waals surface area contributed by atoms with Crippen molar-refractivity contribution in [2.24, 2.45) is 5.73 Å². The van der Waals surface area contributed by atoms with Crippen LogP contribution in [0.4, 0.5) is 4.39 Å². The molecule has 0 bridgehead atoms. The van der Waals surface area contributed by atoms with Crippen LogP contribution in [-0.2, 0) is 6.54 Å². The molecule has 1 atom stereocenters. The number of aryl methyl sites for hydroxylation is 1. The highest BCUT2D eigenvalue weighted by Gasteiger charge is 2.18. The molecular formula is C13H16FN3O. The molecule has 5 heteroatoms. The predicted molar refractivity (Wildman–Crippen MR) is 66.9 cm³/mol. The van der Waals surface area contributed by atoms with E-state index in [1.54, 1.807) is 18.3 Å². The molecule has 0 radical (unpaired) electrons. The van der Waals surface area contributed by atoms with E-state index in [4.69, 9.17) is 10.5 Å². The van der Waals surface area contributed by atoms with Gasteiger partial charge in [0.25, 0.3) is 0 Å². The van der Waals surface area contributed by atoms with Gasteiger partial charge in [-0.15, -0.1) is 0 Å². The zero-order chi connectivity index (χ0) is 13.1. The Labute approximate surface area is 105 Å². The highest BCUT2D eigenvalue weighted by Crippen LogP contribution is 2.24. The minimum absolute atomic E-state index is 0.382. The fraction of sp³-hybridized carbons (Fsp3) is 0.308. The van der Waals surface area contributed by atoms with Gasteiger partial charge in [0.2, 0.25) is 0 Å². The van der Waals surface area contributed by atoms with E-state index in [0.29, 0.717) is 17.1 Å². The molecule has 2 N–H and O–H groups in total. The van der Waals surface area contributed by atoms with Crippen LogP contribution in [-0.4, -0.2) is 16.7 Å². The summed E-state index contributed by atoms with van der Waals surface area (Å²) < 4.78 is 20.8. The van der Waals surface area contributed by atoms with E-state index in [1.807, 2.05) is 17.7 Å². The topological polar surface area (TPSA) is 53.1 Å². The molecule has 1 aromatic heterocycles. The smallest absolute Gasteiger partial charge is 0.132 e. The van der Waals surface area contributed by atoms with Crippen molar-refractivity contribution >= 4 is 0 Å². The lowest BCUT2D eigenvalue weighted by atomic mass is 10.1. The number of hydrogen-bond donors (Lipinski definition) is 1. The third kappa shape index (κ3) is 2.22. The lowest BCUT2D eigenvalue weighted by Gasteiger charge is -2.14. The normalized spacial score (nSPS) is 12.4. The molecule has 0 aliphatic rings. The number of benzene rings is 1. The van der Waals surface area contributed by atoms with Crippen LogP contribution < -0.4 is 10.5 Å². The van der Waals surface area contributed by atoms with Crippen molar-refractivity contribution in [3.05, 3.63) is 47.8 Å². The molecular weight excluding hydrogens is 233 g/mol. The molecule has 0 fully saturated rings. The Bertz CT molecular complexity index is 539. The van der Waals surface area contributed by atoms with Crippen molar-refractivity contribution in [3.8, 4) is 5.75 Å². The van der Waals surface area contributed by atoms with Gasteiger partial charge in [-0.05, 0) is 13.0 Å². The summed E-state index contributed by atoms with van der Waals surface area (Å²) in [4.78, 5) is 4.19. The molecule has 0 saturated carbocycles. The maximum absolute atomic E-state index is 13.9. The number of nitrogens with zero attached hydrogens (tertiary/aromatic N) is 2. The Kier molecular flexibility index (Phi) is 3.62. The molecule has 0 aliphatic carbocycles. The first kappa shape index (κ1) is 12.6. The molecule has 0 spiro atoms. The van der Waals surface area contributed by atoms with Gasteiger partial charge in [-0.2, -0.15) is 0 Å². The third-order valence-corrected chi connectivity index (χ3v) is 2.91. The molecule has 2 rings (SSSR count). The maximum atomic E-state index is 13.9. The monoisotopic (exact) mass is 249 g/mol. The Morgan fingerprint density at radius 3 is 2.89 bits per heavy atom. The molecule has 4 nitrogen and oxygen atoms in total. The third-order valence-electron chi connectivity index (χ3n) is 2.91. The average molecular weight is 249 g/mol. The minimum Gasteiger partial charge on any atom is -0.497 e. The van der Waals surface area contributed by atoms with E-state index < -0.39 is 6.04 Å². The van der Waals surface area contributed by atoms with Gasteiger partial charge in [-0.1, -0.05) is 6.07 Å². The first-order valence-corrected chi connectivity index (χ1v) is 5.77. The van der Waals surface area contributed by atoms with Crippen molar-refractivity contribution in [2.75, 3.05) is 7.11 Å². The van der Waals surface area contributed by atoms with E-state index in [9.17, 15) is 4.39 Å². The molecule has 0 saturated heterocycles. The summed E-state index contributed by atoms with van der Waals surface area (Å²) in [5, 5.41) is 0. The van der Waals surface area contributed by atoms with Crippen LogP contribution in [0.2, 0.25) is 0 Å². The SMILES string of the molecule is CCn1ccnc1C(N)c1ccc(OC)cc1F. The van der Waals surface area contributed by atoms with Gasteiger partial charge in [-0.25, -0.2) is 9.37 Å². The zero-order valence-corrected chi connectivity index (χ0v) is 10.4. The number of rotatable bonds is 4. The number of halogens is 1. The summed E-state index contributed by atoms with van der Waals surface area (Å²) in [6.07, 6.45) is 3.50. The Morgan fingerprint density at radius 1 is 1.50 bits per heavy atom. The van der Waals surface area contributed by atoms with E-state index >= 15 is 0 Å². The zero-order valence-electron chi connectivity index (χ0n) is 10.4. The molecule has 18 heavy (non-hydrogen) atoms. The first-order chi connectivity index (χ1) is 8.67. The van der Waals surface area contributed by atoms with Crippen molar-refractivity contribution in [3.63, 3.8) is 0 Å². The number of methoxy groups -OCH3 is 1. The average Bonchev–Trinajstić information content (AvgIpc) is 2.86. The number of ether oxygens (including phenoxy) is 1. The van der Waals surface area contributed by atoms with Crippen molar-refractivity contribution in [1.29, 1.82) is 0 Å². The fourth-order valence-corrected chi connectivity index (χ4v) is 1.89. The van der Waals surface area contributed by atoms with Gasteiger partial charge in [-0.3, -0.25) is 0 Å². The number of aromatic nitrogens is 2. The van der Waals surface area contributed by atoms with Crippen molar-refractivity contribution in [1.82, 2.24) is 9.55 Å². The predicted octanol–water partition coefficient (Wildman–Crippen LogP) is 2.10. The van der Waals surface area contributed by atoms with Crippen LogP contribution >= 0.6 is 0 Å². The Balaban J connectivity index is 2.37. The van der Waals surface area contributed by atoms with E-state index in [1.165, 1.54) is 13.2 Å². The number of hydrogen-bond acceptors (Lipinski definition) is 3. The van der Waals surface area contributed by atoms with Gasteiger partial charge in [0, 0.05) is 30.6 Å². The summed E-state index contributed by atoms with van der Waals surface area (Å²) in [6.45, 7) is 2.74. The highest BCUT2D eigenvalue weighted by atomic mass is 19.1. The Morgan fingerprint density at radius 2 is 2.28 bits per heavy atom. The molecule has 1 heterocycles. The van der Waals surface area contributed by atoms with Crippen LogP contribution in [0, 0.1) is 5.82 Å². The van der Waals surface area contributed by atoms with E-state index in [-0.39, 0.29) is 5.82 Å². The van der Waals surface area contributed by atoms with Gasteiger partial charge in [0.05, 0.1) is 13.2 Å². The second kappa shape index (κ2) is 5.18. The van der Waals surface area contributed by atoms with Crippen LogP contribution in [0.5, 0.6) is 5.75 Å². The lowest BCUT2D eigenvalue weighted by Crippen LogP contribution is -2.18. The lowest BCUT2D eigenvalue weighted by molar-refractivity contribution is 0.410. The van der Waals surface area contributed by atoms with Crippen molar-refractivity contribution in [2.45, 2.75) is 19.5 Å². The second-order valence-corrected chi connectivity index (χ2v) is 3.94. The summed E-state index contributed by atoms with van der Waals surface area (Å²) in [5.74, 6) is 0.747. The first-order valence-electron chi connectivity index (χ1n) is 5.77. The van der Waals surface area contributed by atoms with Crippen molar-refractivity contribution < 1.29 is 9.13 Å². The largest absolute Gasteiger partial charge is 0.497 e. The number of imidazole rings is 1. The van der Waals surface area contributed by atoms with Crippen LogP contribution in [0.1, 0.15) is 24.4 Å². The molecule has 0 aliphatic heterocycles. The van der Waals surface area contributed by atoms with Crippen LogP contribution in [0.25, 0.3) is 0 Å². The Hall–Kier alpha value is -1.88. The fourth-order valence-electron chi connectivity index (χ4n) is 1.89. The van der Waals surface area contributed by atoms with Gasteiger partial charge in [0.15, 0.2) is 0 Å². The molecule has 96 valence electrons. The molecule has 2 aromatic rings. The van der Waals surface area contributed by atoms with Crippen LogP contribution in [0.3, 0.4) is 0 Å². The highest BCUT2D eigenvalue weighted by molar-refractivity contribution is 5.33. The quantitative estimate of drug-likeness (QED) is 0.902. The maximum Gasteiger partial charge on any atom is 0.132 e. The van der Waals surface area contributed by atoms with Gasteiger partial charge in [0.1, 0.15) is 17.4 Å². The number of nitrogens with two attached hydrogens (primary N) is 1. The second-order valence-electron chi connectivity index (χ2n) is 3.94. The van der Waals surface area contributed by atoms with E-state index in [0.717, 1.165) is 6.54 Å². The van der Waals surface area contributed by atoms with Gasteiger partial charge < -0.3 is 15.0 Å². The summed E-state index contributed by atoms with van der Waals surface area (Å²) >= 11 is 0. The summed E-state index contributed by atoms with van der Waals surface area (Å²) in [7, 11) is 1.50. The minimum atomic E-state index is -0.578.